The van der Waals surface area contributed by atoms with Crippen molar-refractivity contribution in [3.8, 4) is 0 Å². The first-order chi connectivity index (χ1) is 6.46. The average molecular weight is 262 g/mol. The summed E-state index contributed by atoms with van der Waals surface area (Å²) in [5, 5.41) is 6.55. The first kappa shape index (κ1) is 11.8. The van der Waals surface area contributed by atoms with Crippen LogP contribution in [-0.2, 0) is 0 Å². The Hall–Kier alpha value is -0.250. The van der Waals surface area contributed by atoms with Crippen molar-refractivity contribution in [2.24, 2.45) is 10.5 Å². The topological polar surface area (TPSA) is 18.8 Å². The molecule has 1 aliphatic heterocycles. The molecule has 1 unspecified atom stereocenters. The van der Waals surface area contributed by atoms with Crippen LogP contribution in [0.15, 0.2) is 5.10 Å². The summed E-state index contributed by atoms with van der Waals surface area (Å²) in [6.07, 6.45) is 4.59. The van der Waals surface area contributed by atoms with Crippen LogP contribution in [0.25, 0.3) is 0 Å². The van der Waals surface area contributed by atoms with E-state index in [9.17, 15) is 0 Å². The molecule has 0 aliphatic carbocycles. The molecule has 4 heteroatoms. The molecule has 3 nitrogen and oxygen atoms in total. The van der Waals surface area contributed by atoms with Gasteiger partial charge in [-0.3, -0.25) is 8.93 Å². The zero-order valence-electron chi connectivity index (χ0n) is 9.50. The highest BCUT2D eigenvalue weighted by molar-refractivity contribution is 9.07. The zero-order chi connectivity index (χ0) is 10.8. The molecular weight excluding hydrogens is 242 g/mol. The number of hydrogen-bond donors (Lipinski definition) is 0. The van der Waals surface area contributed by atoms with Gasteiger partial charge in [0.05, 0.1) is 16.1 Å². The molecule has 0 N–H and O–H groups in total. The Morgan fingerprint density at radius 2 is 2.07 bits per heavy atom. The van der Waals surface area contributed by atoms with E-state index in [4.69, 9.17) is 0 Å². The van der Waals surface area contributed by atoms with Gasteiger partial charge in [0, 0.05) is 12.0 Å². The standard InChI is InChI=1S/C10H20BrN3/c1-5-6-7-14-9(10(2,3)4)13(11)8-12-14/h8-9H,5-7H2,1-4H3. The molecule has 0 radical (unpaired) electrons. The maximum atomic E-state index is 4.39. The molecule has 0 saturated heterocycles. The van der Waals surface area contributed by atoms with Crippen LogP contribution in [0.2, 0.25) is 0 Å². The number of halogens is 1. The lowest BCUT2D eigenvalue weighted by Gasteiger charge is -2.36. The van der Waals surface area contributed by atoms with Crippen molar-refractivity contribution in [1.29, 1.82) is 0 Å². The van der Waals surface area contributed by atoms with Crippen molar-refractivity contribution in [1.82, 2.24) is 8.93 Å². The molecule has 1 heterocycles. The van der Waals surface area contributed by atoms with Gasteiger partial charge < -0.3 is 0 Å². The van der Waals surface area contributed by atoms with E-state index < -0.39 is 0 Å². The van der Waals surface area contributed by atoms with Crippen LogP contribution >= 0.6 is 16.1 Å². The van der Waals surface area contributed by atoms with E-state index >= 15 is 0 Å². The van der Waals surface area contributed by atoms with Crippen LogP contribution in [-0.4, -0.2) is 28.0 Å². The Morgan fingerprint density at radius 1 is 1.43 bits per heavy atom. The molecule has 0 aromatic heterocycles. The van der Waals surface area contributed by atoms with Gasteiger partial charge in [0.15, 0.2) is 0 Å². The minimum atomic E-state index is 0.202. The van der Waals surface area contributed by atoms with Crippen molar-refractivity contribution in [3.05, 3.63) is 0 Å². The number of rotatable bonds is 3. The quantitative estimate of drug-likeness (QED) is 0.728. The Labute approximate surface area is 95.5 Å². The first-order valence-corrected chi connectivity index (χ1v) is 5.92. The number of unbranched alkanes of at least 4 members (excludes halogenated alkanes) is 1. The molecule has 82 valence electrons. The largest absolute Gasteiger partial charge is 0.274 e. The summed E-state index contributed by atoms with van der Waals surface area (Å²) in [5.74, 6) is 0. The molecular formula is C10H20BrN3. The van der Waals surface area contributed by atoms with E-state index in [-0.39, 0.29) is 5.41 Å². The molecule has 0 fully saturated rings. The predicted molar refractivity (Wildman–Crippen MR) is 64.1 cm³/mol. The minimum Gasteiger partial charge on any atom is -0.274 e. The predicted octanol–water partition coefficient (Wildman–Crippen LogP) is 3.03. The van der Waals surface area contributed by atoms with Gasteiger partial charge in [-0.1, -0.05) is 34.1 Å². The second kappa shape index (κ2) is 4.51. The molecule has 0 aromatic rings. The van der Waals surface area contributed by atoms with Gasteiger partial charge in [0.25, 0.3) is 0 Å². The summed E-state index contributed by atoms with van der Waals surface area (Å²) < 4.78 is 2.02. The Bertz CT molecular complexity index is 210. The van der Waals surface area contributed by atoms with E-state index in [0.717, 1.165) is 6.54 Å². The van der Waals surface area contributed by atoms with Crippen LogP contribution in [0, 0.1) is 5.41 Å². The van der Waals surface area contributed by atoms with Crippen molar-refractivity contribution in [2.45, 2.75) is 46.7 Å². The Balaban J connectivity index is 2.62. The SMILES string of the molecule is CCCCN1N=CN(Br)C1C(C)(C)C. The maximum absolute atomic E-state index is 4.39. The lowest BCUT2D eigenvalue weighted by Crippen LogP contribution is -2.45. The lowest BCUT2D eigenvalue weighted by molar-refractivity contribution is 0.0764. The minimum absolute atomic E-state index is 0.202. The molecule has 1 atom stereocenters. The summed E-state index contributed by atoms with van der Waals surface area (Å²) in [5.41, 5.74) is 0.202. The van der Waals surface area contributed by atoms with Gasteiger partial charge in [-0.15, -0.1) is 0 Å². The molecule has 0 bridgehead atoms. The average Bonchev–Trinajstić information content (AvgIpc) is 2.42. The van der Waals surface area contributed by atoms with Gasteiger partial charge in [-0.25, -0.2) is 0 Å². The van der Waals surface area contributed by atoms with Gasteiger partial charge in [-0.2, -0.15) is 5.10 Å². The van der Waals surface area contributed by atoms with Crippen LogP contribution < -0.4 is 0 Å². The van der Waals surface area contributed by atoms with E-state index in [1.165, 1.54) is 12.8 Å². The first-order valence-electron chi connectivity index (χ1n) is 5.21. The second-order valence-electron chi connectivity index (χ2n) is 4.83. The zero-order valence-corrected chi connectivity index (χ0v) is 11.1. The van der Waals surface area contributed by atoms with Crippen molar-refractivity contribution in [2.75, 3.05) is 6.54 Å². The third-order valence-electron chi connectivity index (χ3n) is 2.34. The van der Waals surface area contributed by atoms with Crippen LogP contribution in [0.5, 0.6) is 0 Å². The number of hydrogen-bond acceptors (Lipinski definition) is 3. The molecule has 0 amide bonds. The fraction of sp³-hybridized carbons (Fsp3) is 0.900. The summed E-state index contributed by atoms with van der Waals surface area (Å²) in [4.78, 5) is 0. The maximum Gasteiger partial charge on any atom is 0.134 e. The van der Waals surface area contributed by atoms with E-state index in [2.05, 4.69) is 54.0 Å². The summed E-state index contributed by atoms with van der Waals surface area (Å²) in [7, 11) is 0. The highest BCUT2D eigenvalue weighted by atomic mass is 79.9. The molecule has 0 aromatic carbocycles. The van der Waals surface area contributed by atoms with Gasteiger partial charge >= 0.3 is 0 Å². The fourth-order valence-electron chi connectivity index (χ4n) is 1.69. The summed E-state index contributed by atoms with van der Waals surface area (Å²) >= 11 is 3.52. The number of hydrazone groups is 1. The Morgan fingerprint density at radius 3 is 2.57 bits per heavy atom. The van der Waals surface area contributed by atoms with Crippen LogP contribution in [0.1, 0.15) is 40.5 Å². The van der Waals surface area contributed by atoms with E-state index in [1.807, 2.05) is 10.3 Å². The third kappa shape index (κ3) is 2.62. The van der Waals surface area contributed by atoms with Gasteiger partial charge in [0.1, 0.15) is 12.5 Å². The smallest absolute Gasteiger partial charge is 0.134 e. The molecule has 1 rings (SSSR count). The van der Waals surface area contributed by atoms with E-state index in [1.54, 1.807) is 0 Å². The molecule has 14 heavy (non-hydrogen) atoms. The highest BCUT2D eigenvalue weighted by Gasteiger charge is 2.36. The number of nitrogens with zero attached hydrogens (tertiary/aromatic N) is 3. The fourth-order valence-corrected chi connectivity index (χ4v) is 2.59. The summed E-state index contributed by atoms with van der Waals surface area (Å²) in [6, 6.07) is 0. The van der Waals surface area contributed by atoms with Crippen LogP contribution in [0.4, 0.5) is 0 Å². The molecule has 0 saturated carbocycles. The normalized spacial score (nSPS) is 22.2. The lowest BCUT2D eigenvalue weighted by atomic mass is 9.92. The summed E-state index contributed by atoms with van der Waals surface area (Å²) in [6.45, 7) is 9.95. The monoisotopic (exact) mass is 261 g/mol. The molecule has 1 aliphatic rings. The molecule has 0 spiro atoms. The van der Waals surface area contributed by atoms with Crippen LogP contribution in [0.3, 0.4) is 0 Å². The van der Waals surface area contributed by atoms with Crippen molar-refractivity contribution in [3.63, 3.8) is 0 Å². The van der Waals surface area contributed by atoms with Crippen molar-refractivity contribution < 1.29 is 0 Å². The van der Waals surface area contributed by atoms with E-state index in [0.29, 0.717) is 6.17 Å². The van der Waals surface area contributed by atoms with Crippen molar-refractivity contribution >= 4 is 22.5 Å². The second-order valence-corrected chi connectivity index (χ2v) is 5.65. The third-order valence-corrected chi connectivity index (χ3v) is 2.91. The van der Waals surface area contributed by atoms with Gasteiger partial charge in [0.2, 0.25) is 0 Å². The van der Waals surface area contributed by atoms with Gasteiger partial charge in [-0.05, 0) is 6.42 Å². The Kier molecular flexibility index (Phi) is 3.81. The highest BCUT2D eigenvalue weighted by Crippen LogP contribution is 2.31.